The monoisotopic (exact) mass is 279 g/mol. The Labute approximate surface area is 121 Å². The van der Waals surface area contributed by atoms with Gasteiger partial charge in [-0.1, -0.05) is 20.8 Å². The van der Waals surface area contributed by atoms with E-state index in [1.807, 2.05) is 0 Å². The average molecular weight is 279 g/mol. The molecule has 0 aliphatic heterocycles. The first-order valence-electron chi connectivity index (χ1n) is 7.49. The van der Waals surface area contributed by atoms with Gasteiger partial charge in [0.25, 0.3) is 0 Å². The quantitative estimate of drug-likeness (QED) is 0.657. The summed E-state index contributed by atoms with van der Waals surface area (Å²) in [6.07, 6.45) is 7.47. The second-order valence-electron chi connectivity index (χ2n) is 7.02. The molecule has 20 heavy (non-hydrogen) atoms. The van der Waals surface area contributed by atoms with Crippen molar-refractivity contribution in [2.75, 3.05) is 0 Å². The van der Waals surface area contributed by atoms with Crippen molar-refractivity contribution in [2.45, 2.75) is 52.5 Å². The summed E-state index contributed by atoms with van der Waals surface area (Å²) in [6, 6.07) is 1.62. The molecule has 3 N–H and O–H groups in total. The fourth-order valence-electron chi connectivity index (χ4n) is 3.44. The Kier molecular flexibility index (Phi) is 4.76. The van der Waals surface area contributed by atoms with E-state index in [2.05, 4.69) is 31.2 Å². The van der Waals surface area contributed by atoms with E-state index in [4.69, 9.17) is 5.84 Å². The van der Waals surface area contributed by atoms with E-state index in [1.165, 1.54) is 19.0 Å². The van der Waals surface area contributed by atoms with Gasteiger partial charge in [0.2, 0.25) is 0 Å². The van der Waals surface area contributed by atoms with Crippen molar-refractivity contribution >= 4 is 0 Å². The molecule has 1 aromatic rings. The molecule has 1 fully saturated rings. The highest BCUT2D eigenvalue weighted by atomic mass is 19.1. The standard InChI is InChI=1S/C16H26FN3/c1-16(2,3)12-6-4-11(5-7-12)15(20-18)13-8-9-19-10-14(13)17/h8-12,15,20H,4-7,18H2,1-3H3. The van der Waals surface area contributed by atoms with Crippen molar-refractivity contribution in [3.05, 3.63) is 29.8 Å². The zero-order valence-corrected chi connectivity index (χ0v) is 12.7. The molecule has 1 saturated carbocycles. The number of aromatic nitrogens is 1. The van der Waals surface area contributed by atoms with Gasteiger partial charge in [-0.3, -0.25) is 16.3 Å². The molecule has 4 heteroatoms. The zero-order valence-electron chi connectivity index (χ0n) is 12.7. The van der Waals surface area contributed by atoms with E-state index in [0.717, 1.165) is 18.8 Å². The molecule has 0 spiro atoms. The molecule has 0 amide bonds. The lowest BCUT2D eigenvalue weighted by molar-refractivity contribution is 0.132. The predicted octanol–water partition coefficient (Wildman–Crippen LogP) is 3.58. The van der Waals surface area contributed by atoms with E-state index >= 15 is 0 Å². The number of rotatable bonds is 3. The molecule has 1 aromatic heterocycles. The minimum atomic E-state index is -0.270. The number of nitrogens with zero attached hydrogens (tertiary/aromatic N) is 1. The summed E-state index contributed by atoms with van der Waals surface area (Å²) in [6.45, 7) is 6.91. The normalized spacial score (nSPS) is 25.4. The van der Waals surface area contributed by atoms with Crippen LogP contribution in [0.3, 0.4) is 0 Å². The summed E-state index contributed by atoms with van der Waals surface area (Å²) in [7, 11) is 0. The van der Waals surface area contributed by atoms with Crippen LogP contribution >= 0.6 is 0 Å². The van der Waals surface area contributed by atoms with Crippen LogP contribution in [-0.2, 0) is 0 Å². The highest BCUT2D eigenvalue weighted by Crippen LogP contribution is 2.43. The number of hydrazine groups is 1. The molecule has 0 saturated heterocycles. The van der Waals surface area contributed by atoms with Crippen molar-refractivity contribution in [1.82, 2.24) is 10.4 Å². The molecule has 112 valence electrons. The van der Waals surface area contributed by atoms with E-state index in [9.17, 15) is 4.39 Å². The first-order chi connectivity index (χ1) is 9.43. The van der Waals surface area contributed by atoms with Crippen LogP contribution < -0.4 is 11.3 Å². The summed E-state index contributed by atoms with van der Waals surface area (Å²) in [5.41, 5.74) is 3.81. The first kappa shape index (κ1) is 15.4. The average Bonchev–Trinajstić information content (AvgIpc) is 2.41. The summed E-state index contributed by atoms with van der Waals surface area (Å²) in [5, 5.41) is 0. The Balaban J connectivity index is 2.06. The molecule has 2 rings (SSSR count). The molecule has 1 aliphatic rings. The Bertz CT molecular complexity index is 434. The van der Waals surface area contributed by atoms with Crippen molar-refractivity contribution in [1.29, 1.82) is 0 Å². The van der Waals surface area contributed by atoms with Gasteiger partial charge in [0.05, 0.1) is 12.2 Å². The van der Waals surface area contributed by atoms with Crippen LogP contribution in [0.5, 0.6) is 0 Å². The maximum atomic E-state index is 13.9. The zero-order chi connectivity index (χ0) is 14.8. The van der Waals surface area contributed by atoms with E-state index in [0.29, 0.717) is 16.9 Å². The molecular formula is C16H26FN3. The molecule has 1 unspecified atom stereocenters. The fraction of sp³-hybridized carbons (Fsp3) is 0.688. The van der Waals surface area contributed by atoms with Gasteiger partial charge in [-0.05, 0) is 49.0 Å². The number of halogens is 1. The summed E-state index contributed by atoms with van der Waals surface area (Å²) in [5.74, 6) is 6.57. The van der Waals surface area contributed by atoms with Crippen molar-refractivity contribution in [2.24, 2.45) is 23.1 Å². The van der Waals surface area contributed by atoms with Gasteiger partial charge < -0.3 is 0 Å². The second kappa shape index (κ2) is 6.19. The number of nitrogens with one attached hydrogen (secondary N) is 1. The third-order valence-corrected chi connectivity index (χ3v) is 4.79. The number of nitrogens with two attached hydrogens (primary N) is 1. The Morgan fingerprint density at radius 2 is 1.95 bits per heavy atom. The van der Waals surface area contributed by atoms with Gasteiger partial charge in [-0.25, -0.2) is 4.39 Å². The van der Waals surface area contributed by atoms with Crippen LogP contribution in [-0.4, -0.2) is 4.98 Å². The molecule has 3 nitrogen and oxygen atoms in total. The van der Waals surface area contributed by atoms with Crippen molar-refractivity contribution in [3.63, 3.8) is 0 Å². The minimum Gasteiger partial charge on any atom is -0.271 e. The molecule has 1 heterocycles. The molecule has 0 bridgehead atoms. The van der Waals surface area contributed by atoms with Crippen molar-refractivity contribution < 1.29 is 4.39 Å². The highest BCUT2D eigenvalue weighted by molar-refractivity contribution is 5.18. The lowest BCUT2D eigenvalue weighted by atomic mass is 9.68. The van der Waals surface area contributed by atoms with E-state index in [-0.39, 0.29) is 11.9 Å². The van der Waals surface area contributed by atoms with Crippen LogP contribution in [0.4, 0.5) is 4.39 Å². The largest absolute Gasteiger partial charge is 0.271 e. The van der Waals surface area contributed by atoms with Gasteiger partial charge in [0.15, 0.2) is 0 Å². The molecule has 0 radical (unpaired) electrons. The van der Waals surface area contributed by atoms with E-state index < -0.39 is 0 Å². The lowest BCUT2D eigenvalue weighted by Gasteiger charge is -2.39. The SMILES string of the molecule is CC(C)(C)C1CCC(C(NN)c2ccncc2F)CC1. The Morgan fingerprint density at radius 3 is 2.45 bits per heavy atom. The minimum absolute atomic E-state index is 0.112. The number of hydrogen-bond acceptors (Lipinski definition) is 3. The van der Waals surface area contributed by atoms with Crippen LogP contribution in [0.1, 0.15) is 58.1 Å². The fourth-order valence-corrected chi connectivity index (χ4v) is 3.44. The van der Waals surface area contributed by atoms with E-state index in [1.54, 1.807) is 12.3 Å². The van der Waals surface area contributed by atoms with Gasteiger partial charge in [0, 0.05) is 11.8 Å². The van der Waals surface area contributed by atoms with Gasteiger partial charge >= 0.3 is 0 Å². The Hall–Kier alpha value is -1.00. The number of pyridine rings is 1. The molecule has 1 atom stereocenters. The van der Waals surface area contributed by atoms with Crippen LogP contribution in [0.15, 0.2) is 18.5 Å². The topological polar surface area (TPSA) is 50.9 Å². The van der Waals surface area contributed by atoms with Crippen LogP contribution in [0, 0.1) is 23.1 Å². The predicted molar refractivity (Wildman–Crippen MR) is 79.2 cm³/mol. The van der Waals surface area contributed by atoms with Gasteiger partial charge in [-0.15, -0.1) is 0 Å². The lowest BCUT2D eigenvalue weighted by Crippen LogP contribution is -2.37. The third-order valence-electron chi connectivity index (χ3n) is 4.79. The van der Waals surface area contributed by atoms with Crippen molar-refractivity contribution in [3.8, 4) is 0 Å². The maximum absolute atomic E-state index is 13.9. The highest BCUT2D eigenvalue weighted by Gasteiger charge is 2.33. The second-order valence-corrected chi connectivity index (χ2v) is 7.02. The third kappa shape index (κ3) is 3.36. The van der Waals surface area contributed by atoms with Gasteiger partial charge in [0.1, 0.15) is 5.82 Å². The summed E-state index contributed by atoms with van der Waals surface area (Å²) in [4.78, 5) is 3.81. The summed E-state index contributed by atoms with van der Waals surface area (Å²) >= 11 is 0. The van der Waals surface area contributed by atoms with Crippen LogP contribution in [0.2, 0.25) is 0 Å². The van der Waals surface area contributed by atoms with Crippen LogP contribution in [0.25, 0.3) is 0 Å². The number of hydrogen-bond donors (Lipinski definition) is 2. The Morgan fingerprint density at radius 1 is 1.30 bits per heavy atom. The summed E-state index contributed by atoms with van der Waals surface area (Å²) < 4.78 is 13.9. The molecule has 1 aliphatic carbocycles. The maximum Gasteiger partial charge on any atom is 0.146 e. The smallest absolute Gasteiger partial charge is 0.146 e. The molecule has 0 aromatic carbocycles. The van der Waals surface area contributed by atoms with Gasteiger partial charge in [-0.2, -0.15) is 0 Å². The first-order valence-corrected chi connectivity index (χ1v) is 7.49. The molecular weight excluding hydrogens is 253 g/mol.